The van der Waals surface area contributed by atoms with E-state index in [1.54, 1.807) is 13.8 Å². The molecule has 0 saturated heterocycles. The first-order valence-corrected chi connectivity index (χ1v) is 4.09. The third kappa shape index (κ3) is 5.63. The molecule has 78 valence electrons. The van der Waals surface area contributed by atoms with Gasteiger partial charge in [-0.15, -0.1) is 0 Å². The maximum absolute atomic E-state index is 11.7. The molecule has 0 bridgehead atoms. The molecule has 0 aromatic carbocycles. The van der Waals surface area contributed by atoms with Crippen LogP contribution >= 0.6 is 0 Å². The minimum absolute atomic E-state index is 0.110. The van der Waals surface area contributed by atoms with E-state index in [4.69, 9.17) is 5.73 Å². The number of alkyl halides is 3. The fourth-order valence-corrected chi connectivity index (χ4v) is 0.803. The van der Waals surface area contributed by atoms with E-state index in [1.165, 1.54) is 0 Å². The Morgan fingerprint density at radius 2 is 1.85 bits per heavy atom. The largest absolute Gasteiger partial charge is 0.389 e. The summed E-state index contributed by atoms with van der Waals surface area (Å²) in [5.41, 5.74) is 5.37. The summed E-state index contributed by atoms with van der Waals surface area (Å²) in [6.07, 6.45) is -5.86. The topological polar surface area (TPSA) is 43.1 Å². The summed E-state index contributed by atoms with van der Waals surface area (Å²) in [6.45, 7) is 3.41. The van der Waals surface area contributed by atoms with Gasteiger partial charge in [0.1, 0.15) is 5.78 Å². The average molecular weight is 197 g/mol. The van der Waals surface area contributed by atoms with Crippen LogP contribution in [0.1, 0.15) is 26.7 Å². The number of carbonyl (C=O) groups is 1. The second-order valence-corrected chi connectivity index (χ2v) is 3.35. The van der Waals surface area contributed by atoms with Gasteiger partial charge in [0.25, 0.3) is 0 Å². The van der Waals surface area contributed by atoms with Gasteiger partial charge >= 0.3 is 6.18 Å². The van der Waals surface area contributed by atoms with Gasteiger partial charge < -0.3 is 5.73 Å². The van der Waals surface area contributed by atoms with E-state index in [2.05, 4.69) is 0 Å². The van der Waals surface area contributed by atoms with Crippen LogP contribution in [-0.2, 0) is 4.79 Å². The van der Waals surface area contributed by atoms with Gasteiger partial charge in [-0.05, 0) is 5.92 Å². The average Bonchev–Trinajstić information content (AvgIpc) is 1.97. The van der Waals surface area contributed by atoms with E-state index in [1.807, 2.05) is 0 Å². The molecule has 0 aromatic rings. The Hall–Kier alpha value is -0.580. The van der Waals surface area contributed by atoms with Gasteiger partial charge in [0, 0.05) is 6.42 Å². The van der Waals surface area contributed by atoms with E-state index in [0.29, 0.717) is 0 Å². The highest BCUT2D eigenvalue weighted by Crippen LogP contribution is 2.22. The lowest BCUT2D eigenvalue weighted by Crippen LogP contribution is -2.36. The molecule has 1 unspecified atom stereocenters. The monoisotopic (exact) mass is 197 g/mol. The van der Waals surface area contributed by atoms with Crippen molar-refractivity contribution >= 4 is 5.78 Å². The van der Waals surface area contributed by atoms with Gasteiger partial charge in [-0.2, -0.15) is 13.2 Å². The summed E-state index contributed by atoms with van der Waals surface area (Å²) in [4.78, 5) is 11.0. The van der Waals surface area contributed by atoms with E-state index in [-0.39, 0.29) is 5.92 Å². The Bertz CT molecular complexity index is 177. The number of carbonyl (C=O) groups excluding carboxylic acids is 1. The lowest BCUT2D eigenvalue weighted by molar-refractivity contribution is -0.144. The number of halogens is 3. The maximum Gasteiger partial charge on any atom is 0.389 e. The molecular weight excluding hydrogens is 183 g/mol. The Morgan fingerprint density at radius 3 is 2.15 bits per heavy atom. The molecular formula is C8H14F3NO. The maximum atomic E-state index is 11.7. The third-order valence-corrected chi connectivity index (χ3v) is 1.74. The fourth-order valence-electron chi connectivity index (χ4n) is 0.803. The first kappa shape index (κ1) is 12.4. The van der Waals surface area contributed by atoms with Crippen molar-refractivity contribution in [1.29, 1.82) is 0 Å². The van der Waals surface area contributed by atoms with Crippen molar-refractivity contribution in [3.63, 3.8) is 0 Å². The summed E-state index contributed by atoms with van der Waals surface area (Å²) in [5, 5.41) is 0. The Labute approximate surface area is 75.3 Å². The predicted octanol–water partition coefficient (Wildman–Crippen LogP) is 1.88. The van der Waals surface area contributed by atoms with E-state index in [9.17, 15) is 18.0 Å². The van der Waals surface area contributed by atoms with Gasteiger partial charge in [0.05, 0.1) is 12.5 Å². The van der Waals surface area contributed by atoms with Crippen LogP contribution in [-0.4, -0.2) is 18.0 Å². The number of hydrogen-bond donors (Lipinski definition) is 1. The highest BCUT2D eigenvalue weighted by Gasteiger charge is 2.29. The summed E-state index contributed by atoms with van der Waals surface area (Å²) in [7, 11) is 0. The van der Waals surface area contributed by atoms with Crippen molar-refractivity contribution in [2.45, 2.75) is 38.9 Å². The second-order valence-electron chi connectivity index (χ2n) is 3.35. The minimum Gasteiger partial charge on any atom is -0.321 e. The molecule has 0 aromatic heterocycles. The zero-order valence-corrected chi connectivity index (χ0v) is 7.69. The molecule has 5 heteroatoms. The van der Waals surface area contributed by atoms with Crippen LogP contribution in [0, 0.1) is 5.92 Å². The molecule has 0 radical (unpaired) electrons. The SMILES string of the molecule is CC(C)C(N)C(=O)CCC(F)(F)F. The van der Waals surface area contributed by atoms with E-state index < -0.39 is 30.8 Å². The number of hydrogen-bond acceptors (Lipinski definition) is 2. The van der Waals surface area contributed by atoms with Crippen molar-refractivity contribution in [3.05, 3.63) is 0 Å². The molecule has 0 aliphatic carbocycles. The predicted molar refractivity (Wildman–Crippen MR) is 43.1 cm³/mol. The normalized spacial score (nSPS) is 14.7. The fraction of sp³-hybridized carbons (Fsp3) is 0.875. The van der Waals surface area contributed by atoms with Crippen LogP contribution in [0.25, 0.3) is 0 Å². The molecule has 0 fully saturated rings. The molecule has 0 rings (SSSR count). The molecule has 0 spiro atoms. The summed E-state index contributed by atoms with van der Waals surface area (Å²) >= 11 is 0. The van der Waals surface area contributed by atoms with Crippen molar-refractivity contribution in [2.75, 3.05) is 0 Å². The number of nitrogens with two attached hydrogens (primary N) is 1. The lowest BCUT2D eigenvalue weighted by atomic mass is 9.98. The molecule has 1 atom stereocenters. The van der Waals surface area contributed by atoms with Gasteiger partial charge in [0.15, 0.2) is 0 Å². The number of Topliss-reactive ketones (excluding diaryl/α,β-unsaturated/α-hetero) is 1. The Morgan fingerprint density at radius 1 is 1.38 bits per heavy atom. The molecule has 0 heterocycles. The smallest absolute Gasteiger partial charge is 0.321 e. The first-order valence-electron chi connectivity index (χ1n) is 4.09. The van der Waals surface area contributed by atoms with E-state index in [0.717, 1.165) is 0 Å². The number of rotatable bonds is 4. The van der Waals surface area contributed by atoms with E-state index >= 15 is 0 Å². The second kappa shape index (κ2) is 4.60. The van der Waals surface area contributed by atoms with Gasteiger partial charge in [-0.3, -0.25) is 4.79 Å². The Balaban J connectivity index is 3.89. The van der Waals surface area contributed by atoms with Gasteiger partial charge in [-0.1, -0.05) is 13.8 Å². The van der Waals surface area contributed by atoms with Crippen LogP contribution in [0.4, 0.5) is 13.2 Å². The van der Waals surface area contributed by atoms with Gasteiger partial charge in [-0.25, -0.2) is 0 Å². The summed E-state index contributed by atoms with van der Waals surface area (Å²) in [6, 6.07) is -0.776. The molecule has 0 aliphatic heterocycles. The molecule has 0 amide bonds. The minimum atomic E-state index is -4.27. The van der Waals surface area contributed by atoms with Crippen LogP contribution < -0.4 is 5.73 Å². The van der Waals surface area contributed by atoms with Crippen LogP contribution in [0.3, 0.4) is 0 Å². The zero-order chi connectivity index (χ0) is 10.6. The Kier molecular flexibility index (Phi) is 4.39. The first-order chi connectivity index (χ1) is 5.74. The highest BCUT2D eigenvalue weighted by molar-refractivity contribution is 5.83. The zero-order valence-electron chi connectivity index (χ0n) is 7.69. The van der Waals surface area contributed by atoms with Crippen LogP contribution in [0.5, 0.6) is 0 Å². The summed E-state index contributed by atoms with van der Waals surface area (Å²) in [5.74, 6) is -0.631. The molecule has 0 aliphatic rings. The lowest BCUT2D eigenvalue weighted by Gasteiger charge is -2.14. The van der Waals surface area contributed by atoms with Crippen molar-refractivity contribution in [3.8, 4) is 0 Å². The van der Waals surface area contributed by atoms with Crippen LogP contribution in [0.2, 0.25) is 0 Å². The molecule has 13 heavy (non-hydrogen) atoms. The molecule has 2 nitrogen and oxygen atoms in total. The van der Waals surface area contributed by atoms with Crippen molar-refractivity contribution < 1.29 is 18.0 Å². The summed E-state index contributed by atoms with van der Waals surface area (Å²) < 4.78 is 35.1. The van der Waals surface area contributed by atoms with Crippen LogP contribution in [0.15, 0.2) is 0 Å². The van der Waals surface area contributed by atoms with Crippen molar-refractivity contribution in [2.24, 2.45) is 11.7 Å². The third-order valence-electron chi connectivity index (χ3n) is 1.74. The number of ketones is 1. The molecule has 2 N–H and O–H groups in total. The van der Waals surface area contributed by atoms with Crippen molar-refractivity contribution in [1.82, 2.24) is 0 Å². The standard InChI is InChI=1S/C8H14F3NO/c1-5(2)7(12)6(13)3-4-8(9,10)11/h5,7H,3-4,12H2,1-2H3. The molecule has 0 saturated carbocycles. The van der Waals surface area contributed by atoms with Gasteiger partial charge in [0.2, 0.25) is 0 Å². The quantitative estimate of drug-likeness (QED) is 0.747. The highest BCUT2D eigenvalue weighted by atomic mass is 19.4.